The summed E-state index contributed by atoms with van der Waals surface area (Å²) in [5.74, 6) is -1.02. The summed E-state index contributed by atoms with van der Waals surface area (Å²) in [6.07, 6.45) is 30.0. The molecule has 21 rings (SSSR count). The number of para-hydroxylation sites is 4. The first-order chi connectivity index (χ1) is 59.4. The number of nitrogens with two attached hydrogens (primary N) is 1. The van der Waals surface area contributed by atoms with Gasteiger partial charge in [0.05, 0.1) is 89.7 Å². The summed E-state index contributed by atoms with van der Waals surface area (Å²) in [5.41, 5.74) is 25.2. The van der Waals surface area contributed by atoms with E-state index in [9.17, 15) is 33.9 Å². The average molecular weight is 1700 g/mol. The van der Waals surface area contributed by atoms with Crippen molar-refractivity contribution in [1.29, 1.82) is 5.26 Å². The van der Waals surface area contributed by atoms with Gasteiger partial charge in [-0.2, -0.15) is 5.26 Å². The number of carbonyl (C=O) groups is 6. The molecule has 23 heteroatoms. The second kappa shape index (κ2) is 36.7. The van der Waals surface area contributed by atoms with Crippen LogP contribution in [0, 0.1) is 51.8 Å². The van der Waals surface area contributed by atoms with Crippen molar-refractivity contribution in [2.45, 2.75) is 223 Å². The third-order valence-corrected chi connectivity index (χ3v) is 29.8. The maximum atomic E-state index is 13.8. The number of nitrogens with zero attached hydrogens (tertiary/aromatic N) is 12. The number of aryl methyl sites for hydroxylation is 1. The van der Waals surface area contributed by atoms with Gasteiger partial charge in [-0.1, -0.05) is 129 Å². The number of rotatable bonds is 17. The summed E-state index contributed by atoms with van der Waals surface area (Å²) < 4.78 is 14.9. The van der Waals surface area contributed by atoms with Gasteiger partial charge in [0.25, 0.3) is 5.91 Å². The molecule has 0 spiro atoms. The van der Waals surface area contributed by atoms with Crippen molar-refractivity contribution in [3.8, 4) is 6.07 Å². The number of nitriles is 1. The number of amides is 2. The molecule has 4 aromatic carbocycles. The zero-order chi connectivity index (χ0) is 86.9. The minimum absolute atomic E-state index is 0. The Labute approximate surface area is 737 Å². The highest BCUT2D eigenvalue weighted by Gasteiger charge is 2.56. The smallest absolute Gasteiger partial charge is 0.352 e. The third-order valence-electron chi connectivity index (χ3n) is 29.8. The van der Waals surface area contributed by atoms with Crippen LogP contribution in [-0.2, 0) is 64.1 Å². The molecule has 0 unspecified atom stereocenters. The lowest BCUT2D eigenvalue weighted by Crippen LogP contribution is -2.51. The van der Waals surface area contributed by atoms with Crippen molar-refractivity contribution in [3.63, 3.8) is 0 Å². The van der Waals surface area contributed by atoms with Crippen LogP contribution >= 0.6 is 0 Å². The molecule has 0 radical (unpaired) electrons. The number of oxazole rings is 1. The molecule has 5 aromatic heterocycles. The lowest BCUT2D eigenvalue weighted by Gasteiger charge is -2.53. The number of hydrogen-bond acceptors (Lipinski definition) is 16. The van der Waals surface area contributed by atoms with Gasteiger partial charge in [-0.05, 0) is 214 Å². The maximum Gasteiger partial charge on any atom is 0.352 e. The number of carboxylic acid groups (broad SMARTS) is 1. The Balaban J connectivity index is 0.000000129. The number of likely N-dealkylation sites (N-methyl/N-ethyl adjacent to an activating group) is 1. The standard InChI is InChI=1S/C26H33N3O3.C24H28N2O2.C23H25N3O.C20H22N2O2.C5H12N2O2.C2H3N.2CH4/c1-5-26-12-8-13-28-14-11-19-18-9-6-7-10-20(18)29(23(19)24(26)28)21(16-26)22(30)15-17(2)25(31)27(3)32-4;1-3-24-10-6-11-25-12-9-18-17-7-4-5-8-19(17)26(22(18)23(24)25)20(14-24)21(28)13-16(2)15-27;1-3-23-10-6-11-25-12-9-17-16-7-4-5-8-18(16)26(20(17)21(23)25)19(13-23)22-24-15(2)14-27-22;1-2-20-9-5-10-21-11-8-14-13-6-3-4-7-15(13)22(17(14)18(20)21)16(12-20)19(23)24;1-4(6)5(8)7(2)9-3;1-2-3;;/h6-7,9-10,16-17,24H,5,8,11-15H2,1-4H3;4-5,7-8,14-16,23H,3,6,9-13H2,1-2H3;4-5,7-8,13-14,21H,3,6,9-12H2,1-2H3;3-4,6-7,12,18H,2,5,8-11H2,1H3,(H,23,24);4H,6H2,1-3H3;1H3;2*1H4/t17-,24-,26+;16-,23-,24+;21-,23+;18-,20+;4-;;;/m11110.../s1. The molecular weight excluding hydrogens is 1570 g/mol. The number of aliphatic carboxylic acids is 1. The Kier molecular flexibility index (Phi) is 26.7. The number of hydroxylamine groups is 4. The van der Waals surface area contributed by atoms with Gasteiger partial charge in [0.2, 0.25) is 11.8 Å². The Morgan fingerprint density at radius 2 is 0.848 bits per heavy atom. The second-order valence-electron chi connectivity index (χ2n) is 36.4. The van der Waals surface area contributed by atoms with Crippen molar-refractivity contribution in [1.82, 2.24) is 53.0 Å². The Morgan fingerprint density at radius 3 is 1.17 bits per heavy atom. The molecule has 11 atom stereocenters. The SMILES string of the molecule is C.C.CC#N.CC[C@@]12C=C(C(=O)C[C@@H](C)C(=O)N(C)OC)n3c4c(c5ccccc53)CCN(CCC1)[C@H]42.CC[C@@]12C=C(C(=O)C[C@@H](C)C=O)n3c4c(c5ccccc53)CCN(CCC1)[C@H]42.CC[C@@]12C=C(C(=O)O)n3c4c(c5ccccc53)CCN(CCC1)[C@H]42.CC[C@@]12C=C(c3nc(C)co3)n3c4c(c5ccccc53)CCN(CCC1)[C@H]42.CON(C)C(=O)[C@H](C)N. The number of aldehydes is 1. The quantitative estimate of drug-likeness (QED) is 0.0634. The summed E-state index contributed by atoms with van der Waals surface area (Å²) >= 11 is 0. The van der Waals surface area contributed by atoms with E-state index in [1.807, 2.05) is 31.4 Å². The number of hydrogen-bond donors (Lipinski definition) is 2. The molecule has 4 fully saturated rings. The Hall–Kier alpha value is -10.2. The summed E-state index contributed by atoms with van der Waals surface area (Å²) in [6, 6.07) is 36.9. The van der Waals surface area contributed by atoms with E-state index in [1.165, 1.54) is 132 Å². The summed E-state index contributed by atoms with van der Waals surface area (Å²) in [7, 11) is 5.99. The van der Waals surface area contributed by atoms with E-state index in [1.54, 1.807) is 31.9 Å². The normalized spacial score (nSPS) is 24.8. The van der Waals surface area contributed by atoms with E-state index in [-0.39, 0.29) is 78.7 Å². The van der Waals surface area contributed by atoms with E-state index in [2.05, 4.69) is 181 Å². The molecule has 0 aliphatic carbocycles. The average Bonchev–Trinajstić information content (AvgIpc) is 1.59. The van der Waals surface area contributed by atoms with Crippen LogP contribution in [0.1, 0.15) is 241 Å². The Morgan fingerprint density at radius 1 is 0.528 bits per heavy atom. The zero-order valence-electron chi connectivity index (χ0n) is 74.2. The lowest BCUT2D eigenvalue weighted by atomic mass is 9.66. The first-order valence-corrected chi connectivity index (χ1v) is 45.1. The zero-order valence-corrected chi connectivity index (χ0v) is 74.2. The first kappa shape index (κ1) is 91.1. The van der Waals surface area contributed by atoms with Gasteiger partial charge >= 0.3 is 5.97 Å². The number of carboxylic acids is 1. The maximum absolute atomic E-state index is 13.8. The molecule has 0 saturated carbocycles. The number of ketones is 2. The predicted molar refractivity (Wildman–Crippen MR) is 494 cm³/mol. The molecule has 664 valence electrons. The molecule has 17 heterocycles. The van der Waals surface area contributed by atoms with Gasteiger partial charge in [-0.25, -0.2) is 19.9 Å². The predicted octanol–water partition coefficient (Wildman–Crippen LogP) is 18.3. The topological polar surface area (TPSA) is 256 Å². The van der Waals surface area contributed by atoms with Crippen LogP contribution in [0.25, 0.3) is 66.4 Å². The highest BCUT2D eigenvalue weighted by Crippen LogP contribution is 2.62. The summed E-state index contributed by atoms with van der Waals surface area (Å²) in [6.45, 7) is 26.8. The molecule has 2 amide bonds. The van der Waals surface area contributed by atoms with Gasteiger partial charge in [-0.3, -0.25) is 48.5 Å². The van der Waals surface area contributed by atoms with Crippen molar-refractivity contribution >= 4 is 102 Å². The van der Waals surface area contributed by atoms with Crippen LogP contribution in [0.2, 0.25) is 0 Å². The van der Waals surface area contributed by atoms with Crippen LogP contribution in [0.3, 0.4) is 0 Å². The first-order valence-electron chi connectivity index (χ1n) is 45.1. The van der Waals surface area contributed by atoms with Crippen LogP contribution < -0.4 is 5.73 Å². The molecular formula is C102H131N13O10. The number of Topliss-reactive ketones (excluding diaryl/α,β-unsaturated/α-hetero) is 2. The van der Waals surface area contributed by atoms with E-state index >= 15 is 0 Å². The van der Waals surface area contributed by atoms with Crippen molar-refractivity contribution in [2.75, 3.05) is 80.7 Å². The number of allylic oxidation sites excluding steroid dienone is 2. The molecule has 12 aliphatic rings. The van der Waals surface area contributed by atoms with Crippen LogP contribution in [0.4, 0.5) is 0 Å². The monoisotopic (exact) mass is 1700 g/mol. The van der Waals surface area contributed by atoms with E-state index in [0.29, 0.717) is 29.9 Å². The molecule has 0 bridgehead atoms. The fraction of sp³-hybridized carbons (Fsp3) is 0.510. The minimum Gasteiger partial charge on any atom is -0.477 e. The highest BCUT2D eigenvalue weighted by molar-refractivity contribution is 6.19. The lowest BCUT2D eigenvalue weighted by molar-refractivity contribution is -0.173. The number of piperidine rings is 4. The molecule has 3 N–H and O–H groups in total. The molecule has 9 aromatic rings. The van der Waals surface area contributed by atoms with Gasteiger partial charge in [-0.15, -0.1) is 0 Å². The highest BCUT2D eigenvalue weighted by atomic mass is 16.7. The van der Waals surface area contributed by atoms with E-state index in [0.717, 1.165) is 179 Å². The molecule has 23 nitrogen and oxygen atoms in total. The van der Waals surface area contributed by atoms with Gasteiger partial charge in [0.15, 0.2) is 11.6 Å². The van der Waals surface area contributed by atoms with Crippen molar-refractivity contribution < 1.29 is 48.0 Å². The molecule has 125 heavy (non-hydrogen) atoms. The summed E-state index contributed by atoms with van der Waals surface area (Å²) in [5, 5.41) is 24.8. The van der Waals surface area contributed by atoms with E-state index < -0.39 is 17.9 Å². The van der Waals surface area contributed by atoms with Crippen molar-refractivity contribution in [2.24, 2.45) is 39.2 Å². The number of aromatic nitrogens is 5. The van der Waals surface area contributed by atoms with Crippen LogP contribution in [0.15, 0.2) is 132 Å². The number of benzene rings is 4. The van der Waals surface area contributed by atoms with Crippen LogP contribution in [-0.4, -0.2) is 180 Å². The molecule has 12 aliphatic heterocycles. The van der Waals surface area contributed by atoms with Gasteiger partial charge < -0.3 is 38.3 Å². The van der Waals surface area contributed by atoms with Gasteiger partial charge in [0.1, 0.15) is 23.9 Å². The number of fused-ring (bicyclic) bond motifs is 12. The second-order valence-corrected chi connectivity index (χ2v) is 36.4. The fourth-order valence-corrected chi connectivity index (χ4v) is 24.0. The Bertz CT molecular complexity index is 5800. The largest absolute Gasteiger partial charge is 0.477 e. The molecule has 4 saturated heterocycles. The number of carbonyl (C=O) groups excluding carboxylic acids is 5. The third kappa shape index (κ3) is 15.3. The van der Waals surface area contributed by atoms with Crippen molar-refractivity contribution in [3.05, 3.63) is 184 Å². The fourth-order valence-electron chi connectivity index (χ4n) is 24.0. The summed E-state index contributed by atoms with van der Waals surface area (Å²) in [4.78, 5) is 98.7. The van der Waals surface area contributed by atoms with E-state index in [4.69, 9.17) is 25.2 Å². The van der Waals surface area contributed by atoms with Crippen LogP contribution in [0.5, 0.6) is 0 Å². The minimum atomic E-state index is -0.812. The van der Waals surface area contributed by atoms with Gasteiger partial charge in [0, 0.05) is 138 Å².